The average Bonchev–Trinajstić information content (AvgIpc) is 3.22. The van der Waals surface area contributed by atoms with E-state index in [2.05, 4.69) is 11.9 Å². The molecular formula is C25H21NO4. The lowest BCUT2D eigenvalue weighted by Crippen LogP contribution is -2.14. The number of Topliss-reactive ketones (excluding diaryl/α,β-unsaturated/α-hetero) is 1. The molecule has 0 radical (unpaired) electrons. The second-order valence-electron chi connectivity index (χ2n) is 7.02. The summed E-state index contributed by atoms with van der Waals surface area (Å²) < 4.78 is 5.25. The van der Waals surface area contributed by atoms with E-state index in [1.807, 2.05) is 18.2 Å². The first-order valence-corrected chi connectivity index (χ1v) is 9.75. The average molecular weight is 399 g/mol. The molecule has 2 N–H and O–H groups in total. The molecule has 0 aliphatic rings. The van der Waals surface area contributed by atoms with Gasteiger partial charge in [-0.2, -0.15) is 0 Å². The molecule has 0 spiro atoms. The Hall–Kier alpha value is -3.86. The van der Waals surface area contributed by atoms with Gasteiger partial charge in [-0.25, -0.2) is 4.79 Å². The van der Waals surface area contributed by atoms with Crippen molar-refractivity contribution in [1.82, 2.24) is 4.98 Å². The van der Waals surface area contributed by atoms with Crippen molar-refractivity contribution in [2.75, 3.05) is 6.61 Å². The number of aryl methyl sites for hydroxylation is 1. The molecule has 4 aromatic rings. The van der Waals surface area contributed by atoms with Crippen molar-refractivity contribution in [2.24, 2.45) is 0 Å². The van der Waals surface area contributed by atoms with E-state index in [9.17, 15) is 14.7 Å². The first kappa shape index (κ1) is 19.5. The molecule has 150 valence electrons. The van der Waals surface area contributed by atoms with Gasteiger partial charge in [0, 0.05) is 22.7 Å². The summed E-state index contributed by atoms with van der Waals surface area (Å²) in [6, 6.07) is 19.6. The Bertz CT molecular complexity index is 1200. The Morgan fingerprint density at radius 2 is 1.60 bits per heavy atom. The predicted octanol–water partition coefficient (Wildman–Crippen LogP) is 5.14. The SMILES string of the molecule is CCc1cccc2c(C(=O)COC(=O)c3ccc(-c4ccc(O)cc4)cc3)c[nH]c12. The molecule has 0 atom stereocenters. The summed E-state index contributed by atoms with van der Waals surface area (Å²) in [6.45, 7) is 1.74. The summed E-state index contributed by atoms with van der Waals surface area (Å²) in [4.78, 5) is 28.1. The zero-order chi connectivity index (χ0) is 21.1. The number of rotatable bonds is 6. The Kier molecular flexibility index (Phi) is 5.35. The van der Waals surface area contributed by atoms with Gasteiger partial charge in [-0.15, -0.1) is 0 Å². The number of hydrogen-bond acceptors (Lipinski definition) is 4. The van der Waals surface area contributed by atoms with Crippen LogP contribution in [0.15, 0.2) is 72.9 Å². The summed E-state index contributed by atoms with van der Waals surface area (Å²) in [5.41, 5.74) is 4.81. The number of nitrogens with one attached hydrogen (secondary N) is 1. The first-order valence-electron chi connectivity index (χ1n) is 9.75. The molecule has 3 aromatic carbocycles. The van der Waals surface area contributed by atoms with Gasteiger partial charge < -0.3 is 14.8 Å². The van der Waals surface area contributed by atoms with Crippen molar-refractivity contribution >= 4 is 22.7 Å². The third-order valence-corrected chi connectivity index (χ3v) is 5.14. The summed E-state index contributed by atoms with van der Waals surface area (Å²) in [6.07, 6.45) is 2.53. The fourth-order valence-corrected chi connectivity index (χ4v) is 3.49. The number of ether oxygens (including phenoxy) is 1. The van der Waals surface area contributed by atoms with Crippen LogP contribution in [0.3, 0.4) is 0 Å². The molecule has 5 nitrogen and oxygen atoms in total. The van der Waals surface area contributed by atoms with Crippen LogP contribution in [-0.2, 0) is 11.2 Å². The molecule has 0 aliphatic carbocycles. The van der Waals surface area contributed by atoms with Crippen molar-refractivity contribution in [1.29, 1.82) is 0 Å². The van der Waals surface area contributed by atoms with Crippen LogP contribution in [0.2, 0.25) is 0 Å². The number of aromatic hydroxyl groups is 1. The number of esters is 1. The molecular weight excluding hydrogens is 378 g/mol. The van der Waals surface area contributed by atoms with Crippen molar-refractivity contribution < 1.29 is 19.4 Å². The summed E-state index contributed by atoms with van der Waals surface area (Å²) >= 11 is 0. The van der Waals surface area contributed by atoms with Gasteiger partial charge >= 0.3 is 5.97 Å². The van der Waals surface area contributed by atoms with E-state index < -0.39 is 5.97 Å². The predicted molar refractivity (Wildman–Crippen MR) is 116 cm³/mol. The zero-order valence-corrected chi connectivity index (χ0v) is 16.5. The highest BCUT2D eigenvalue weighted by Gasteiger charge is 2.16. The van der Waals surface area contributed by atoms with E-state index in [0.29, 0.717) is 11.1 Å². The Labute approximate surface area is 173 Å². The molecule has 0 bridgehead atoms. The van der Waals surface area contributed by atoms with Crippen LogP contribution in [0.5, 0.6) is 5.75 Å². The van der Waals surface area contributed by atoms with Crippen LogP contribution in [-0.4, -0.2) is 28.4 Å². The number of carbonyl (C=O) groups excluding carboxylic acids is 2. The number of benzene rings is 3. The number of H-pyrrole nitrogens is 1. The molecule has 30 heavy (non-hydrogen) atoms. The molecule has 5 heteroatoms. The van der Waals surface area contributed by atoms with E-state index in [-0.39, 0.29) is 18.1 Å². The van der Waals surface area contributed by atoms with Crippen LogP contribution in [0.25, 0.3) is 22.0 Å². The van der Waals surface area contributed by atoms with Gasteiger partial charge in [0.05, 0.1) is 5.56 Å². The number of phenols is 1. The number of phenolic OH excluding ortho intramolecular Hbond substituents is 1. The fraction of sp³-hybridized carbons (Fsp3) is 0.120. The number of para-hydroxylation sites is 1. The van der Waals surface area contributed by atoms with Gasteiger partial charge in [0.15, 0.2) is 6.61 Å². The van der Waals surface area contributed by atoms with E-state index in [1.54, 1.807) is 54.7 Å². The maximum atomic E-state index is 12.6. The van der Waals surface area contributed by atoms with Crippen LogP contribution < -0.4 is 0 Å². The number of fused-ring (bicyclic) bond motifs is 1. The number of ketones is 1. The number of hydrogen-bond donors (Lipinski definition) is 2. The highest BCUT2D eigenvalue weighted by Crippen LogP contribution is 2.24. The molecule has 0 fully saturated rings. The molecule has 0 unspecified atom stereocenters. The van der Waals surface area contributed by atoms with Gasteiger partial charge in [0.1, 0.15) is 5.75 Å². The van der Waals surface area contributed by atoms with E-state index in [1.165, 1.54) is 0 Å². The summed E-state index contributed by atoms with van der Waals surface area (Å²) in [7, 11) is 0. The standard InChI is InChI=1S/C25H21NO4/c1-2-16-4-3-5-21-22(14-26-24(16)21)23(28)15-30-25(29)19-8-6-17(7-9-19)18-10-12-20(27)13-11-18/h3-14,26-27H,2,15H2,1H3. The highest BCUT2D eigenvalue weighted by atomic mass is 16.5. The minimum atomic E-state index is -0.547. The van der Waals surface area contributed by atoms with E-state index >= 15 is 0 Å². The summed E-state index contributed by atoms with van der Waals surface area (Å²) in [5, 5.41) is 10.2. The highest BCUT2D eigenvalue weighted by molar-refractivity contribution is 6.09. The molecule has 0 amide bonds. The van der Waals surface area contributed by atoms with Gasteiger partial charge in [-0.1, -0.05) is 49.4 Å². The number of carbonyl (C=O) groups is 2. The number of aromatic amines is 1. The van der Waals surface area contributed by atoms with Gasteiger partial charge in [-0.05, 0) is 47.4 Å². The number of aromatic nitrogens is 1. The largest absolute Gasteiger partial charge is 0.508 e. The maximum Gasteiger partial charge on any atom is 0.338 e. The smallest absolute Gasteiger partial charge is 0.338 e. The Morgan fingerprint density at radius 3 is 2.27 bits per heavy atom. The fourth-order valence-electron chi connectivity index (χ4n) is 3.49. The van der Waals surface area contributed by atoms with Crippen LogP contribution in [0.4, 0.5) is 0 Å². The molecule has 0 aliphatic heterocycles. The third kappa shape index (κ3) is 3.82. The normalized spacial score (nSPS) is 10.8. The third-order valence-electron chi connectivity index (χ3n) is 5.14. The molecule has 1 heterocycles. The topological polar surface area (TPSA) is 79.4 Å². The minimum absolute atomic E-state index is 0.199. The van der Waals surface area contributed by atoms with Crippen LogP contribution in [0.1, 0.15) is 33.2 Å². The van der Waals surface area contributed by atoms with Crippen molar-refractivity contribution in [3.63, 3.8) is 0 Å². The molecule has 0 saturated heterocycles. The van der Waals surface area contributed by atoms with Crippen LogP contribution >= 0.6 is 0 Å². The van der Waals surface area contributed by atoms with Crippen LogP contribution in [0, 0.1) is 0 Å². The molecule has 0 saturated carbocycles. The molecule has 1 aromatic heterocycles. The molecule has 4 rings (SSSR count). The maximum absolute atomic E-state index is 12.6. The van der Waals surface area contributed by atoms with Gasteiger partial charge in [0.25, 0.3) is 0 Å². The van der Waals surface area contributed by atoms with E-state index in [0.717, 1.165) is 34.0 Å². The Balaban J connectivity index is 1.43. The van der Waals surface area contributed by atoms with Crippen molar-refractivity contribution in [3.05, 3.63) is 89.6 Å². The quantitative estimate of drug-likeness (QED) is 0.347. The lowest BCUT2D eigenvalue weighted by Gasteiger charge is -2.06. The van der Waals surface area contributed by atoms with Crippen molar-refractivity contribution in [3.8, 4) is 16.9 Å². The van der Waals surface area contributed by atoms with Gasteiger partial charge in [-0.3, -0.25) is 4.79 Å². The van der Waals surface area contributed by atoms with E-state index in [4.69, 9.17) is 4.74 Å². The zero-order valence-electron chi connectivity index (χ0n) is 16.5. The van der Waals surface area contributed by atoms with Crippen molar-refractivity contribution in [2.45, 2.75) is 13.3 Å². The second-order valence-corrected chi connectivity index (χ2v) is 7.02. The minimum Gasteiger partial charge on any atom is -0.508 e. The van der Waals surface area contributed by atoms with Gasteiger partial charge in [0.2, 0.25) is 5.78 Å². The lowest BCUT2D eigenvalue weighted by molar-refractivity contribution is 0.0475. The Morgan fingerprint density at radius 1 is 0.933 bits per heavy atom. The first-order chi connectivity index (χ1) is 14.6. The second kappa shape index (κ2) is 8.25. The summed E-state index contributed by atoms with van der Waals surface area (Å²) in [5.74, 6) is -0.594. The monoisotopic (exact) mass is 399 g/mol. The lowest BCUT2D eigenvalue weighted by atomic mass is 10.0.